The molecule has 3 heterocycles. The van der Waals surface area contributed by atoms with Crippen LogP contribution in [0.1, 0.15) is 74.9 Å². The molecular weight excluding hydrogens is 316 g/mol. The third-order valence-electron chi connectivity index (χ3n) is 5.99. The number of hydrogen-bond donors (Lipinski definition) is 1. The second kappa shape index (κ2) is 7.36. The van der Waals surface area contributed by atoms with Crippen LogP contribution in [0.15, 0.2) is 0 Å². The minimum atomic E-state index is 0.103. The van der Waals surface area contributed by atoms with Gasteiger partial charge in [0.1, 0.15) is 0 Å². The fourth-order valence-corrected chi connectivity index (χ4v) is 4.66. The quantitative estimate of drug-likeness (QED) is 0.914. The molecular formula is C19H30N4O2. The number of amides is 2. The van der Waals surface area contributed by atoms with Crippen molar-refractivity contribution in [3.05, 3.63) is 17.0 Å². The number of nitrogens with zero attached hydrogens (tertiary/aromatic N) is 3. The van der Waals surface area contributed by atoms with Crippen molar-refractivity contribution >= 4 is 6.03 Å². The van der Waals surface area contributed by atoms with Crippen LogP contribution >= 0.6 is 0 Å². The van der Waals surface area contributed by atoms with Crippen molar-refractivity contribution < 1.29 is 9.53 Å². The Bertz CT molecular complexity index is 621. The normalized spacial score (nSPS) is 24.4. The monoisotopic (exact) mass is 346 g/mol. The van der Waals surface area contributed by atoms with Crippen LogP contribution in [0.5, 0.6) is 0 Å². The Kier molecular flexibility index (Phi) is 4.97. The van der Waals surface area contributed by atoms with Crippen molar-refractivity contribution in [3.8, 4) is 0 Å². The molecule has 1 unspecified atom stereocenters. The van der Waals surface area contributed by atoms with E-state index >= 15 is 0 Å². The molecule has 6 nitrogen and oxygen atoms in total. The number of rotatable bonds is 3. The highest BCUT2D eigenvalue weighted by atomic mass is 16.5. The number of hydrogen-bond acceptors (Lipinski definition) is 3. The number of nitrogens with one attached hydrogen (secondary N) is 1. The van der Waals surface area contributed by atoms with E-state index in [0.29, 0.717) is 12.6 Å². The fraction of sp³-hybridized carbons (Fsp3) is 0.789. The summed E-state index contributed by atoms with van der Waals surface area (Å²) >= 11 is 0. The average Bonchev–Trinajstić information content (AvgIpc) is 3.27. The van der Waals surface area contributed by atoms with E-state index in [0.717, 1.165) is 57.5 Å². The van der Waals surface area contributed by atoms with E-state index in [1.807, 2.05) is 4.90 Å². The van der Waals surface area contributed by atoms with Gasteiger partial charge in [0.15, 0.2) is 0 Å². The van der Waals surface area contributed by atoms with Crippen LogP contribution < -0.4 is 5.32 Å². The summed E-state index contributed by atoms with van der Waals surface area (Å²) in [6.45, 7) is 5.25. The van der Waals surface area contributed by atoms with Gasteiger partial charge in [-0.2, -0.15) is 5.10 Å². The first-order chi connectivity index (χ1) is 12.3. The van der Waals surface area contributed by atoms with Gasteiger partial charge in [-0.05, 0) is 32.6 Å². The molecule has 25 heavy (non-hydrogen) atoms. The first-order valence-electron chi connectivity index (χ1n) is 10.0. The second-order valence-corrected chi connectivity index (χ2v) is 7.56. The summed E-state index contributed by atoms with van der Waals surface area (Å²) in [5.74, 6) is 0. The Morgan fingerprint density at radius 1 is 1.24 bits per heavy atom. The topological polar surface area (TPSA) is 59.4 Å². The largest absolute Gasteiger partial charge is 0.376 e. The third-order valence-corrected chi connectivity index (χ3v) is 5.99. The smallest absolute Gasteiger partial charge is 0.318 e. The lowest BCUT2D eigenvalue weighted by Gasteiger charge is -2.29. The zero-order chi connectivity index (χ0) is 17.2. The summed E-state index contributed by atoms with van der Waals surface area (Å²) in [5, 5.41) is 8.17. The molecule has 1 aromatic heterocycles. The van der Waals surface area contributed by atoms with Crippen molar-refractivity contribution in [2.75, 3.05) is 13.2 Å². The number of carbonyl (C=O) groups is 1. The molecule has 0 bridgehead atoms. The van der Waals surface area contributed by atoms with Gasteiger partial charge >= 0.3 is 6.03 Å². The van der Waals surface area contributed by atoms with Crippen LogP contribution in [-0.2, 0) is 24.3 Å². The summed E-state index contributed by atoms with van der Waals surface area (Å²) < 4.78 is 7.81. The Hall–Kier alpha value is -1.56. The summed E-state index contributed by atoms with van der Waals surface area (Å²) in [7, 11) is 0. The Morgan fingerprint density at radius 2 is 2.08 bits per heavy atom. The standard InChI is InChI=1S/C19H30N4O2/c1-2-23-16-10-12-25-13-15(16)18(21-23)17-9-6-11-22(17)19(24)20-14-7-4-3-5-8-14/h14,17H,2-13H2,1H3,(H,20,24). The highest BCUT2D eigenvalue weighted by molar-refractivity contribution is 5.75. The highest BCUT2D eigenvalue weighted by Gasteiger charge is 2.36. The summed E-state index contributed by atoms with van der Waals surface area (Å²) in [6.07, 6.45) is 9.01. The van der Waals surface area contributed by atoms with E-state index in [9.17, 15) is 4.79 Å². The van der Waals surface area contributed by atoms with Crippen molar-refractivity contribution in [1.82, 2.24) is 20.0 Å². The minimum Gasteiger partial charge on any atom is -0.376 e. The number of ether oxygens (including phenoxy) is 1. The first kappa shape index (κ1) is 16.9. The molecule has 2 fully saturated rings. The molecule has 1 saturated carbocycles. The molecule has 0 aromatic carbocycles. The SMILES string of the molecule is CCn1nc(C2CCCN2C(=O)NC2CCCCC2)c2c1CCOC2. The number of carbonyl (C=O) groups excluding carboxylic acids is 1. The number of aryl methyl sites for hydroxylation is 1. The number of urea groups is 1. The van der Waals surface area contributed by atoms with Crippen molar-refractivity contribution in [3.63, 3.8) is 0 Å². The van der Waals surface area contributed by atoms with Gasteiger partial charge in [-0.15, -0.1) is 0 Å². The molecule has 1 N–H and O–H groups in total. The fourth-order valence-electron chi connectivity index (χ4n) is 4.66. The third kappa shape index (κ3) is 3.28. The van der Waals surface area contributed by atoms with Crippen LogP contribution in [0.4, 0.5) is 4.79 Å². The van der Waals surface area contributed by atoms with Gasteiger partial charge in [-0.25, -0.2) is 4.79 Å². The second-order valence-electron chi connectivity index (χ2n) is 7.56. The molecule has 1 aromatic rings. The maximum absolute atomic E-state index is 12.9. The zero-order valence-electron chi connectivity index (χ0n) is 15.3. The molecule has 0 radical (unpaired) electrons. The number of aromatic nitrogens is 2. The maximum Gasteiger partial charge on any atom is 0.318 e. The molecule has 1 atom stereocenters. The van der Waals surface area contributed by atoms with E-state index in [-0.39, 0.29) is 12.1 Å². The molecule has 0 spiro atoms. The lowest BCUT2D eigenvalue weighted by molar-refractivity contribution is 0.107. The predicted molar refractivity (Wildman–Crippen MR) is 95.3 cm³/mol. The van der Waals surface area contributed by atoms with Gasteiger partial charge < -0.3 is 15.0 Å². The summed E-state index contributed by atoms with van der Waals surface area (Å²) in [6, 6.07) is 0.561. The average molecular weight is 346 g/mol. The van der Waals surface area contributed by atoms with Crippen LogP contribution in [0.25, 0.3) is 0 Å². The van der Waals surface area contributed by atoms with Crippen LogP contribution in [-0.4, -0.2) is 39.9 Å². The van der Waals surface area contributed by atoms with Crippen molar-refractivity contribution in [2.24, 2.45) is 0 Å². The van der Waals surface area contributed by atoms with Crippen molar-refractivity contribution in [1.29, 1.82) is 0 Å². The van der Waals surface area contributed by atoms with E-state index < -0.39 is 0 Å². The number of fused-ring (bicyclic) bond motifs is 1. The first-order valence-corrected chi connectivity index (χ1v) is 10.0. The molecule has 4 rings (SSSR count). The molecule has 138 valence electrons. The van der Waals surface area contributed by atoms with Crippen LogP contribution in [0, 0.1) is 0 Å². The molecule has 6 heteroatoms. The molecule has 2 amide bonds. The summed E-state index contributed by atoms with van der Waals surface area (Å²) in [5.41, 5.74) is 3.62. The van der Waals surface area contributed by atoms with Gasteiger partial charge in [0.05, 0.1) is 24.9 Å². The van der Waals surface area contributed by atoms with Gasteiger partial charge in [-0.3, -0.25) is 4.68 Å². The molecule has 3 aliphatic rings. The molecule has 1 aliphatic carbocycles. The zero-order valence-corrected chi connectivity index (χ0v) is 15.3. The number of likely N-dealkylation sites (tertiary alicyclic amines) is 1. The minimum absolute atomic E-state index is 0.103. The van der Waals surface area contributed by atoms with E-state index in [2.05, 4.69) is 16.9 Å². The Labute approximate surface area is 149 Å². The van der Waals surface area contributed by atoms with Gasteiger partial charge in [-0.1, -0.05) is 19.3 Å². The van der Waals surface area contributed by atoms with Crippen molar-refractivity contribution in [2.45, 2.75) is 83.5 Å². The highest BCUT2D eigenvalue weighted by Crippen LogP contribution is 2.36. The van der Waals surface area contributed by atoms with E-state index in [1.54, 1.807) is 0 Å². The molecule has 2 aliphatic heterocycles. The Balaban J connectivity index is 1.53. The van der Waals surface area contributed by atoms with Gasteiger partial charge in [0.2, 0.25) is 0 Å². The lowest BCUT2D eigenvalue weighted by Crippen LogP contribution is -2.45. The predicted octanol–water partition coefficient (Wildman–Crippen LogP) is 3.15. The van der Waals surface area contributed by atoms with Gasteiger partial charge in [0, 0.05) is 36.8 Å². The summed E-state index contributed by atoms with van der Waals surface area (Å²) in [4.78, 5) is 14.9. The maximum atomic E-state index is 12.9. The van der Waals surface area contributed by atoms with Gasteiger partial charge in [0.25, 0.3) is 0 Å². The van der Waals surface area contributed by atoms with Crippen LogP contribution in [0.3, 0.4) is 0 Å². The van der Waals surface area contributed by atoms with Crippen LogP contribution in [0.2, 0.25) is 0 Å². The lowest BCUT2D eigenvalue weighted by atomic mass is 9.96. The van der Waals surface area contributed by atoms with E-state index in [4.69, 9.17) is 9.84 Å². The Morgan fingerprint density at radius 3 is 2.88 bits per heavy atom. The van der Waals surface area contributed by atoms with E-state index in [1.165, 1.54) is 30.5 Å². The molecule has 1 saturated heterocycles.